The van der Waals surface area contributed by atoms with Crippen LogP contribution in [-0.4, -0.2) is 39.9 Å². The second-order valence-electron chi connectivity index (χ2n) is 5.36. The number of aliphatic carboxylic acids is 1. The van der Waals surface area contributed by atoms with Gasteiger partial charge < -0.3 is 10.0 Å². The monoisotopic (exact) mass is 294 g/mol. The molecule has 0 aromatic heterocycles. The summed E-state index contributed by atoms with van der Waals surface area (Å²) in [5.74, 6) is -1.46. The fraction of sp³-hybridized carbons (Fsp3) is 0.429. The summed E-state index contributed by atoms with van der Waals surface area (Å²) in [7, 11) is 1.42. The zero-order valence-corrected chi connectivity index (χ0v) is 12.4. The Balaban J connectivity index is 3.06. The Morgan fingerprint density at radius 3 is 2.14 bits per heavy atom. The van der Waals surface area contributed by atoms with E-state index >= 15 is 0 Å². The highest BCUT2D eigenvalue weighted by molar-refractivity contribution is 5.90. The number of non-ortho nitro benzene ring substituents is 1. The normalized spacial score (nSPS) is 12.6. The number of benzene rings is 1. The summed E-state index contributed by atoms with van der Waals surface area (Å²) in [6.07, 6.45) is 0. The molecule has 0 fully saturated rings. The van der Waals surface area contributed by atoms with E-state index in [9.17, 15) is 19.7 Å². The number of rotatable bonds is 5. The first-order valence-electron chi connectivity index (χ1n) is 6.34. The predicted molar refractivity (Wildman–Crippen MR) is 76.0 cm³/mol. The zero-order valence-electron chi connectivity index (χ0n) is 12.4. The van der Waals surface area contributed by atoms with E-state index in [-0.39, 0.29) is 11.6 Å². The van der Waals surface area contributed by atoms with E-state index in [2.05, 4.69) is 0 Å². The summed E-state index contributed by atoms with van der Waals surface area (Å²) < 4.78 is 0. The van der Waals surface area contributed by atoms with Crippen LogP contribution in [0.2, 0.25) is 0 Å². The maximum absolute atomic E-state index is 12.5. The average Bonchev–Trinajstić information content (AvgIpc) is 2.44. The number of likely N-dealkylation sites (N-methyl/N-ethyl adjacent to an activating group) is 1. The molecule has 1 unspecified atom stereocenters. The molecule has 1 amide bonds. The third-order valence-corrected chi connectivity index (χ3v) is 3.59. The van der Waals surface area contributed by atoms with Gasteiger partial charge in [0, 0.05) is 19.2 Å². The maximum atomic E-state index is 12.5. The number of carbonyl (C=O) groups excluding carboxylic acids is 1. The number of nitrogens with zero attached hydrogens (tertiary/aromatic N) is 2. The maximum Gasteiger partial charge on any atom is 0.326 e. The summed E-state index contributed by atoms with van der Waals surface area (Å²) in [5.41, 5.74) is -0.454. The van der Waals surface area contributed by atoms with E-state index in [0.29, 0.717) is 5.56 Å². The van der Waals surface area contributed by atoms with Gasteiger partial charge in [-0.15, -0.1) is 0 Å². The number of hydrogen-bond acceptors (Lipinski definition) is 4. The lowest BCUT2D eigenvalue weighted by molar-refractivity contribution is -0.384. The van der Waals surface area contributed by atoms with Crippen molar-refractivity contribution in [3.8, 4) is 0 Å². The molecular formula is C14H18N2O5. The first kappa shape index (κ1) is 16.6. The molecule has 0 saturated heterocycles. The SMILES string of the molecule is CC(C(=O)O)N(C)C(=O)C(C)(C)c1ccc([N+](=O)[O-])cc1. The summed E-state index contributed by atoms with van der Waals surface area (Å²) in [4.78, 5) is 34.7. The lowest BCUT2D eigenvalue weighted by atomic mass is 9.83. The Morgan fingerprint density at radius 1 is 1.29 bits per heavy atom. The van der Waals surface area contributed by atoms with Crippen molar-refractivity contribution in [1.82, 2.24) is 4.90 Å². The molecule has 1 N–H and O–H groups in total. The minimum atomic E-state index is -1.09. The zero-order chi connectivity index (χ0) is 16.4. The number of carbonyl (C=O) groups is 2. The Labute approximate surface area is 122 Å². The van der Waals surface area contributed by atoms with Crippen molar-refractivity contribution in [2.75, 3.05) is 7.05 Å². The number of carboxylic acids is 1. The molecule has 0 radical (unpaired) electrons. The summed E-state index contributed by atoms with van der Waals surface area (Å²) in [6.45, 7) is 4.73. The molecule has 1 aromatic rings. The Bertz CT molecular complexity index is 565. The number of amides is 1. The molecule has 114 valence electrons. The van der Waals surface area contributed by atoms with Gasteiger partial charge in [0.05, 0.1) is 10.3 Å². The largest absolute Gasteiger partial charge is 0.480 e. The van der Waals surface area contributed by atoms with Gasteiger partial charge in [0.2, 0.25) is 5.91 Å². The molecule has 0 spiro atoms. The molecule has 1 aromatic carbocycles. The number of nitro groups is 1. The van der Waals surface area contributed by atoms with Gasteiger partial charge in [-0.2, -0.15) is 0 Å². The van der Waals surface area contributed by atoms with Crippen LogP contribution in [0, 0.1) is 10.1 Å². The lowest BCUT2D eigenvalue weighted by Crippen LogP contribution is -2.48. The van der Waals surface area contributed by atoms with Crippen molar-refractivity contribution in [3.05, 3.63) is 39.9 Å². The minimum Gasteiger partial charge on any atom is -0.480 e. The highest BCUT2D eigenvalue weighted by Gasteiger charge is 2.35. The summed E-state index contributed by atoms with van der Waals surface area (Å²) >= 11 is 0. The van der Waals surface area contributed by atoms with Crippen LogP contribution in [0.4, 0.5) is 5.69 Å². The number of carboxylic acid groups (broad SMARTS) is 1. The molecule has 21 heavy (non-hydrogen) atoms. The van der Waals surface area contributed by atoms with Crippen molar-refractivity contribution in [1.29, 1.82) is 0 Å². The van der Waals surface area contributed by atoms with E-state index in [1.165, 1.54) is 38.2 Å². The highest BCUT2D eigenvalue weighted by Crippen LogP contribution is 2.27. The van der Waals surface area contributed by atoms with Crippen LogP contribution >= 0.6 is 0 Å². The Kier molecular flexibility index (Phi) is 4.67. The van der Waals surface area contributed by atoms with Gasteiger partial charge in [0.1, 0.15) is 6.04 Å². The number of nitro benzene ring substituents is 1. The van der Waals surface area contributed by atoms with Gasteiger partial charge in [-0.1, -0.05) is 12.1 Å². The van der Waals surface area contributed by atoms with E-state index in [1.807, 2.05) is 0 Å². The van der Waals surface area contributed by atoms with Gasteiger partial charge in [-0.05, 0) is 26.3 Å². The predicted octanol–water partition coefficient (Wildman–Crippen LogP) is 1.80. The summed E-state index contributed by atoms with van der Waals surface area (Å²) in [6, 6.07) is 4.72. The molecule has 0 bridgehead atoms. The van der Waals surface area contributed by atoms with Crippen molar-refractivity contribution < 1.29 is 19.6 Å². The standard InChI is InChI=1S/C14H18N2O5/c1-9(12(17)18)15(4)13(19)14(2,3)10-5-7-11(8-6-10)16(20)21/h5-9H,1-4H3,(H,17,18). The average molecular weight is 294 g/mol. The second kappa shape index (κ2) is 5.90. The quantitative estimate of drug-likeness (QED) is 0.659. The molecule has 7 nitrogen and oxygen atoms in total. The van der Waals surface area contributed by atoms with Crippen LogP contribution in [0.15, 0.2) is 24.3 Å². The second-order valence-corrected chi connectivity index (χ2v) is 5.36. The van der Waals surface area contributed by atoms with E-state index in [0.717, 1.165) is 4.90 Å². The lowest BCUT2D eigenvalue weighted by Gasteiger charge is -2.31. The van der Waals surface area contributed by atoms with Crippen LogP contribution in [-0.2, 0) is 15.0 Å². The van der Waals surface area contributed by atoms with Crippen molar-refractivity contribution in [2.45, 2.75) is 32.2 Å². The molecule has 0 saturated carbocycles. The van der Waals surface area contributed by atoms with Gasteiger partial charge >= 0.3 is 5.97 Å². The van der Waals surface area contributed by atoms with Gasteiger partial charge in [-0.3, -0.25) is 14.9 Å². The minimum absolute atomic E-state index is 0.0609. The topological polar surface area (TPSA) is 101 Å². The van der Waals surface area contributed by atoms with E-state index in [1.54, 1.807) is 13.8 Å². The highest BCUT2D eigenvalue weighted by atomic mass is 16.6. The van der Waals surface area contributed by atoms with E-state index < -0.39 is 22.3 Å². The third kappa shape index (κ3) is 3.36. The van der Waals surface area contributed by atoms with Gasteiger partial charge in [0.15, 0.2) is 0 Å². The van der Waals surface area contributed by atoms with Crippen LogP contribution in [0.25, 0.3) is 0 Å². The summed E-state index contributed by atoms with van der Waals surface area (Å²) in [5, 5.41) is 19.6. The first-order chi connectivity index (χ1) is 9.59. The van der Waals surface area contributed by atoms with Crippen LogP contribution in [0.5, 0.6) is 0 Å². The van der Waals surface area contributed by atoms with Crippen molar-refractivity contribution in [2.24, 2.45) is 0 Å². The van der Waals surface area contributed by atoms with Crippen molar-refractivity contribution >= 4 is 17.6 Å². The molecule has 0 aliphatic rings. The molecule has 1 atom stereocenters. The molecule has 0 aliphatic carbocycles. The Hall–Kier alpha value is -2.44. The van der Waals surface area contributed by atoms with E-state index in [4.69, 9.17) is 5.11 Å². The smallest absolute Gasteiger partial charge is 0.326 e. The first-order valence-corrected chi connectivity index (χ1v) is 6.34. The fourth-order valence-electron chi connectivity index (χ4n) is 1.91. The Morgan fingerprint density at radius 2 is 1.76 bits per heavy atom. The van der Waals surface area contributed by atoms with Crippen LogP contribution in [0.1, 0.15) is 26.3 Å². The van der Waals surface area contributed by atoms with Gasteiger partial charge in [0.25, 0.3) is 5.69 Å². The van der Waals surface area contributed by atoms with Crippen LogP contribution < -0.4 is 0 Å². The molecular weight excluding hydrogens is 276 g/mol. The molecule has 1 rings (SSSR count). The number of hydrogen-bond donors (Lipinski definition) is 1. The fourth-order valence-corrected chi connectivity index (χ4v) is 1.91. The molecule has 7 heteroatoms. The third-order valence-electron chi connectivity index (χ3n) is 3.59. The van der Waals surface area contributed by atoms with Gasteiger partial charge in [-0.25, -0.2) is 4.79 Å². The van der Waals surface area contributed by atoms with Crippen LogP contribution in [0.3, 0.4) is 0 Å². The molecule has 0 heterocycles. The molecule has 0 aliphatic heterocycles. The van der Waals surface area contributed by atoms with Crippen molar-refractivity contribution in [3.63, 3.8) is 0 Å².